The molecule has 0 radical (unpaired) electrons. The van der Waals surface area contributed by atoms with Crippen molar-refractivity contribution in [3.05, 3.63) is 23.0 Å². The van der Waals surface area contributed by atoms with Crippen LogP contribution < -0.4 is 10.6 Å². The van der Waals surface area contributed by atoms with Gasteiger partial charge < -0.3 is 15.5 Å². The zero-order valence-electron chi connectivity index (χ0n) is 9.21. The summed E-state index contributed by atoms with van der Waals surface area (Å²) in [7, 11) is 2.07. The van der Waals surface area contributed by atoms with Gasteiger partial charge in [-0.1, -0.05) is 11.6 Å². The molecule has 0 unspecified atom stereocenters. The molecule has 1 heterocycles. The van der Waals surface area contributed by atoms with Crippen molar-refractivity contribution in [1.82, 2.24) is 4.90 Å². The standard InChI is InChI=1S/C11H15ClFN3/c1-15-2-4-16(5-3-15)11-7-9(13)8(12)6-10(11)14/h6-7H,2-5,14H2,1H3. The average molecular weight is 244 g/mol. The smallest absolute Gasteiger partial charge is 0.144 e. The van der Waals surface area contributed by atoms with Crippen LogP contribution in [0.3, 0.4) is 0 Å². The Kier molecular flexibility index (Phi) is 3.21. The molecule has 0 aliphatic carbocycles. The van der Waals surface area contributed by atoms with Crippen molar-refractivity contribution in [3.8, 4) is 0 Å². The van der Waals surface area contributed by atoms with Gasteiger partial charge in [0.15, 0.2) is 0 Å². The quantitative estimate of drug-likeness (QED) is 0.764. The van der Waals surface area contributed by atoms with Crippen molar-refractivity contribution in [3.63, 3.8) is 0 Å². The van der Waals surface area contributed by atoms with Crippen molar-refractivity contribution in [2.24, 2.45) is 0 Å². The highest BCUT2D eigenvalue weighted by atomic mass is 35.5. The van der Waals surface area contributed by atoms with E-state index in [1.807, 2.05) is 0 Å². The van der Waals surface area contributed by atoms with Crippen LogP contribution >= 0.6 is 11.6 Å². The van der Waals surface area contributed by atoms with E-state index >= 15 is 0 Å². The Balaban J connectivity index is 2.23. The van der Waals surface area contributed by atoms with Gasteiger partial charge >= 0.3 is 0 Å². The third kappa shape index (κ3) is 2.23. The zero-order chi connectivity index (χ0) is 11.7. The van der Waals surface area contributed by atoms with E-state index in [2.05, 4.69) is 16.8 Å². The second-order valence-electron chi connectivity index (χ2n) is 4.12. The molecule has 1 aromatic rings. The predicted molar refractivity (Wildman–Crippen MR) is 65.5 cm³/mol. The molecule has 0 saturated carbocycles. The molecule has 3 nitrogen and oxygen atoms in total. The van der Waals surface area contributed by atoms with Crippen LogP contribution in [0.1, 0.15) is 0 Å². The predicted octanol–water partition coefficient (Wildman–Crippen LogP) is 1.81. The van der Waals surface area contributed by atoms with E-state index in [0.717, 1.165) is 31.9 Å². The molecule has 1 fully saturated rings. The Morgan fingerprint density at radius 2 is 1.88 bits per heavy atom. The van der Waals surface area contributed by atoms with E-state index in [1.165, 1.54) is 12.1 Å². The molecule has 0 aromatic heterocycles. The van der Waals surface area contributed by atoms with E-state index in [4.69, 9.17) is 17.3 Å². The first-order valence-corrected chi connectivity index (χ1v) is 5.64. The number of halogens is 2. The van der Waals surface area contributed by atoms with Crippen molar-refractivity contribution >= 4 is 23.0 Å². The Morgan fingerprint density at radius 3 is 2.50 bits per heavy atom. The Hall–Kier alpha value is -1.00. The normalized spacial score (nSPS) is 17.8. The summed E-state index contributed by atoms with van der Waals surface area (Å²) in [6.07, 6.45) is 0. The molecule has 0 atom stereocenters. The fourth-order valence-corrected chi connectivity index (χ4v) is 2.05. The number of likely N-dealkylation sites (N-methyl/N-ethyl adjacent to an activating group) is 1. The molecule has 88 valence electrons. The molecule has 1 aliphatic rings. The molecular weight excluding hydrogens is 229 g/mol. The molecule has 1 saturated heterocycles. The zero-order valence-corrected chi connectivity index (χ0v) is 9.97. The minimum atomic E-state index is -0.412. The van der Waals surface area contributed by atoms with Gasteiger partial charge in [-0.2, -0.15) is 0 Å². The number of nitrogens with two attached hydrogens (primary N) is 1. The third-order valence-electron chi connectivity index (χ3n) is 2.91. The second-order valence-corrected chi connectivity index (χ2v) is 4.52. The van der Waals surface area contributed by atoms with Gasteiger partial charge in [0, 0.05) is 32.2 Å². The summed E-state index contributed by atoms with van der Waals surface area (Å²) >= 11 is 5.67. The van der Waals surface area contributed by atoms with Crippen LogP contribution in [0.4, 0.5) is 15.8 Å². The summed E-state index contributed by atoms with van der Waals surface area (Å²) < 4.78 is 13.4. The van der Waals surface area contributed by atoms with Crippen LogP contribution in [0.2, 0.25) is 5.02 Å². The van der Waals surface area contributed by atoms with E-state index < -0.39 is 5.82 Å². The van der Waals surface area contributed by atoms with Gasteiger partial charge in [0.05, 0.1) is 16.4 Å². The first-order chi connectivity index (χ1) is 7.58. The number of piperazine rings is 1. The van der Waals surface area contributed by atoms with Gasteiger partial charge in [0.1, 0.15) is 5.82 Å². The summed E-state index contributed by atoms with van der Waals surface area (Å²) in [6.45, 7) is 3.65. The summed E-state index contributed by atoms with van der Waals surface area (Å²) in [6, 6.07) is 2.90. The monoisotopic (exact) mass is 243 g/mol. The second kappa shape index (κ2) is 4.47. The Bertz CT molecular complexity index is 389. The lowest BCUT2D eigenvalue weighted by molar-refractivity contribution is 0.313. The van der Waals surface area contributed by atoms with Gasteiger partial charge in [0.25, 0.3) is 0 Å². The van der Waals surface area contributed by atoms with Crippen molar-refractivity contribution in [2.45, 2.75) is 0 Å². The molecule has 2 rings (SSSR count). The maximum atomic E-state index is 13.4. The summed E-state index contributed by atoms with van der Waals surface area (Å²) in [4.78, 5) is 4.33. The highest BCUT2D eigenvalue weighted by Crippen LogP contribution is 2.29. The number of nitrogens with zero attached hydrogens (tertiary/aromatic N) is 2. The molecule has 1 aliphatic heterocycles. The summed E-state index contributed by atoms with van der Waals surface area (Å²) in [5, 5.41) is 0.0791. The van der Waals surface area contributed by atoms with E-state index in [-0.39, 0.29) is 5.02 Å². The van der Waals surface area contributed by atoms with Gasteiger partial charge in [-0.05, 0) is 13.1 Å². The van der Waals surface area contributed by atoms with Gasteiger partial charge in [-0.25, -0.2) is 4.39 Å². The highest BCUT2D eigenvalue weighted by Gasteiger charge is 2.17. The fourth-order valence-electron chi connectivity index (χ4n) is 1.87. The molecular formula is C11H15ClFN3. The van der Waals surface area contributed by atoms with Crippen LogP contribution in [0.25, 0.3) is 0 Å². The maximum Gasteiger partial charge on any atom is 0.144 e. The Morgan fingerprint density at radius 1 is 1.25 bits per heavy atom. The van der Waals surface area contributed by atoms with Gasteiger partial charge in [-0.15, -0.1) is 0 Å². The van der Waals surface area contributed by atoms with Crippen molar-refractivity contribution < 1.29 is 4.39 Å². The summed E-state index contributed by atoms with van der Waals surface area (Å²) in [5.41, 5.74) is 7.13. The van der Waals surface area contributed by atoms with E-state index in [1.54, 1.807) is 0 Å². The molecule has 2 N–H and O–H groups in total. The fraction of sp³-hybridized carbons (Fsp3) is 0.455. The van der Waals surface area contributed by atoms with Crippen LogP contribution in [-0.2, 0) is 0 Å². The summed E-state index contributed by atoms with van der Waals surface area (Å²) in [5.74, 6) is -0.412. The number of hydrogen-bond acceptors (Lipinski definition) is 3. The minimum absolute atomic E-state index is 0.0791. The highest BCUT2D eigenvalue weighted by molar-refractivity contribution is 6.31. The largest absolute Gasteiger partial charge is 0.397 e. The topological polar surface area (TPSA) is 32.5 Å². The number of hydrogen-bond donors (Lipinski definition) is 1. The Labute approximate surface area is 99.6 Å². The number of benzene rings is 1. The lowest BCUT2D eigenvalue weighted by Gasteiger charge is -2.34. The average Bonchev–Trinajstić information content (AvgIpc) is 2.25. The number of rotatable bonds is 1. The molecule has 0 bridgehead atoms. The molecule has 0 spiro atoms. The van der Waals surface area contributed by atoms with Crippen molar-refractivity contribution in [1.29, 1.82) is 0 Å². The SMILES string of the molecule is CN1CCN(c2cc(F)c(Cl)cc2N)CC1. The number of anilines is 2. The van der Waals surface area contributed by atoms with Gasteiger partial charge in [0.2, 0.25) is 0 Å². The van der Waals surface area contributed by atoms with E-state index in [9.17, 15) is 4.39 Å². The lowest BCUT2D eigenvalue weighted by Crippen LogP contribution is -2.44. The van der Waals surface area contributed by atoms with Crippen LogP contribution in [0.15, 0.2) is 12.1 Å². The molecule has 16 heavy (non-hydrogen) atoms. The van der Waals surface area contributed by atoms with E-state index in [0.29, 0.717) is 5.69 Å². The van der Waals surface area contributed by atoms with Crippen LogP contribution in [0.5, 0.6) is 0 Å². The van der Waals surface area contributed by atoms with Crippen LogP contribution in [-0.4, -0.2) is 38.1 Å². The van der Waals surface area contributed by atoms with Crippen LogP contribution in [0, 0.1) is 5.82 Å². The lowest BCUT2D eigenvalue weighted by atomic mass is 10.2. The van der Waals surface area contributed by atoms with Gasteiger partial charge in [-0.3, -0.25) is 0 Å². The van der Waals surface area contributed by atoms with Crippen molar-refractivity contribution in [2.75, 3.05) is 43.9 Å². The number of nitrogen functional groups attached to an aromatic ring is 1. The molecule has 5 heteroatoms. The third-order valence-corrected chi connectivity index (χ3v) is 3.20. The molecule has 0 amide bonds. The minimum Gasteiger partial charge on any atom is -0.397 e. The maximum absolute atomic E-state index is 13.4. The molecule has 1 aromatic carbocycles. The first kappa shape index (κ1) is 11.5. The first-order valence-electron chi connectivity index (χ1n) is 5.26.